The number of rotatable bonds is 9. The van der Waals surface area contributed by atoms with Gasteiger partial charge in [0.15, 0.2) is 0 Å². The van der Waals surface area contributed by atoms with Crippen molar-refractivity contribution in [1.29, 1.82) is 0 Å². The Morgan fingerprint density at radius 2 is 1.73 bits per heavy atom. The van der Waals surface area contributed by atoms with E-state index in [-0.39, 0.29) is 23.4 Å². The number of imidazole rings is 1. The average molecular weight is 537 g/mol. The van der Waals surface area contributed by atoms with E-state index in [1.165, 1.54) is 28.6 Å². The SMILES string of the molecule is COc1ccc(-n2cc(-c3ccccc3)nc2NC(=O)CN(C2CC2)S(=O)(=O)c2ccc(Cl)cc2)cc1. The first-order valence-corrected chi connectivity index (χ1v) is 13.5. The molecule has 37 heavy (non-hydrogen) atoms. The highest BCUT2D eigenvalue weighted by Gasteiger charge is 2.39. The van der Waals surface area contributed by atoms with Crippen LogP contribution in [0, 0.1) is 0 Å². The Bertz CT molecular complexity index is 1500. The molecular weight excluding hydrogens is 512 g/mol. The molecule has 0 spiro atoms. The van der Waals surface area contributed by atoms with Gasteiger partial charge in [0, 0.05) is 28.5 Å². The van der Waals surface area contributed by atoms with Crippen LogP contribution in [0.4, 0.5) is 5.95 Å². The summed E-state index contributed by atoms with van der Waals surface area (Å²) >= 11 is 5.93. The van der Waals surface area contributed by atoms with Gasteiger partial charge < -0.3 is 4.74 Å². The molecule has 5 rings (SSSR count). The van der Waals surface area contributed by atoms with Crippen LogP contribution in [0.15, 0.2) is 90.0 Å². The summed E-state index contributed by atoms with van der Waals surface area (Å²) in [5.74, 6) is 0.503. The molecule has 3 aromatic carbocycles. The number of ether oxygens (including phenoxy) is 1. The van der Waals surface area contributed by atoms with Crippen molar-refractivity contribution in [3.8, 4) is 22.7 Å². The molecule has 1 N–H and O–H groups in total. The van der Waals surface area contributed by atoms with E-state index in [0.29, 0.717) is 29.3 Å². The minimum absolute atomic E-state index is 0.0997. The largest absolute Gasteiger partial charge is 0.497 e. The van der Waals surface area contributed by atoms with E-state index in [1.54, 1.807) is 11.7 Å². The van der Waals surface area contributed by atoms with Gasteiger partial charge >= 0.3 is 0 Å². The molecule has 1 aliphatic carbocycles. The number of benzene rings is 3. The summed E-state index contributed by atoms with van der Waals surface area (Å²) in [5, 5.41) is 3.27. The number of carbonyl (C=O) groups is 1. The lowest BCUT2D eigenvalue weighted by molar-refractivity contribution is -0.116. The smallest absolute Gasteiger partial charge is 0.243 e. The van der Waals surface area contributed by atoms with E-state index < -0.39 is 15.9 Å². The van der Waals surface area contributed by atoms with E-state index in [1.807, 2.05) is 60.8 Å². The van der Waals surface area contributed by atoms with Crippen LogP contribution < -0.4 is 10.1 Å². The maximum Gasteiger partial charge on any atom is 0.243 e. The van der Waals surface area contributed by atoms with Crippen LogP contribution in [-0.2, 0) is 14.8 Å². The van der Waals surface area contributed by atoms with Gasteiger partial charge in [-0.25, -0.2) is 13.4 Å². The zero-order valence-corrected chi connectivity index (χ0v) is 21.6. The molecule has 10 heteroatoms. The molecule has 1 amide bonds. The molecule has 0 aliphatic heterocycles. The molecule has 1 saturated carbocycles. The highest BCUT2D eigenvalue weighted by molar-refractivity contribution is 7.89. The predicted octanol–water partition coefficient (Wildman–Crippen LogP) is 4.99. The summed E-state index contributed by atoms with van der Waals surface area (Å²) in [7, 11) is -2.28. The highest BCUT2D eigenvalue weighted by atomic mass is 35.5. The summed E-state index contributed by atoms with van der Waals surface area (Å²) in [6.45, 7) is -0.328. The number of halogens is 1. The highest BCUT2D eigenvalue weighted by Crippen LogP contribution is 2.32. The number of hydrogen-bond acceptors (Lipinski definition) is 5. The van der Waals surface area contributed by atoms with Crippen LogP contribution >= 0.6 is 11.6 Å². The van der Waals surface area contributed by atoms with Gasteiger partial charge in [0.05, 0.1) is 24.2 Å². The Morgan fingerprint density at radius 1 is 1.05 bits per heavy atom. The molecule has 0 radical (unpaired) electrons. The van der Waals surface area contributed by atoms with Crippen LogP contribution in [0.25, 0.3) is 16.9 Å². The van der Waals surface area contributed by atoms with Crippen molar-refractivity contribution in [3.63, 3.8) is 0 Å². The Labute approximate surface area is 220 Å². The van der Waals surface area contributed by atoms with Crippen LogP contribution in [0.1, 0.15) is 12.8 Å². The van der Waals surface area contributed by atoms with Crippen LogP contribution in [-0.4, -0.2) is 47.9 Å². The zero-order chi connectivity index (χ0) is 26.0. The van der Waals surface area contributed by atoms with Crippen molar-refractivity contribution < 1.29 is 17.9 Å². The lowest BCUT2D eigenvalue weighted by atomic mass is 10.2. The molecule has 0 unspecified atom stereocenters. The second-order valence-electron chi connectivity index (χ2n) is 8.67. The summed E-state index contributed by atoms with van der Waals surface area (Å²) in [5.41, 5.74) is 2.31. The quantitative estimate of drug-likeness (QED) is 0.325. The lowest BCUT2D eigenvalue weighted by Gasteiger charge is -2.21. The summed E-state index contributed by atoms with van der Waals surface area (Å²) in [6, 6.07) is 22.7. The van der Waals surface area contributed by atoms with Gasteiger partial charge in [-0.05, 0) is 61.4 Å². The van der Waals surface area contributed by atoms with Gasteiger partial charge in [0.2, 0.25) is 21.9 Å². The molecular formula is C27H25ClN4O4S. The van der Waals surface area contributed by atoms with Crippen LogP contribution in [0.5, 0.6) is 5.75 Å². The molecule has 1 fully saturated rings. The maximum atomic E-state index is 13.3. The van der Waals surface area contributed by atoms with Crippen molar-refractivity contribution in [3.05, 3.63) is 90.1 Å². The fourth-order valence-corrected chi connectivity index (χ4v) is 5.74. The Hall–Kier alpha value is -3.66. The van der Waals surface area contributed by atoms with E-state index in [0.717, 1.165) is 11.3 Å². The predicted molar refractivity (Wildman–Crippen MR) is 143 cm³/mol. The topological polar surface area (TPSA) is 93.5 Å². The van der Waals surface area contributed by atoms with Crippen molar-refractivity contribution >= 4 is 33.5 Å². The van der Waals surface area contributed by atoms with Gasteiger partial charge in [-0.15, -0.1) is 0 Å². The zero-order valence-electron chi connectivity index (χ0n) is 20.0. The summed E-state index contributed by atoms with van der Waals surface area (Å²) < 4.78 is 34.9. The number of aromatic nitrogens is 2. The van der Waals surface area contributed by atoms with E-state index >= 15 is 0 Å². The molecule has 1 aliphatic rings. The number of nitrogens with one attached hydrogen (secondary N) is 1. The third kappa shape index (κ3) is 5.53. The van der Waals surface area contributed by atoms with E-state index in [4.69, 9.17) is 16.3 Å². The molecule has 1 heterocycles. The first kappa shape index (κ1) is 25.0. The van der Waals surface area contributed by atoms with Crippen molar-refractivity contribution in [1.82, 2.24) is 13.9 Å². The second kappa shape index (κ2) is 10.4. The minimum Gasteiger partial charge on any atom is -0.497 e. The van der Waals surface area contributed by atoms with Crippen molar-refractivity contribution in [2.45, 2.75) is 23.8 Å². The second-order valence-corrected chi connectivity index (χ2v) is 11.0. The molecule has 8 nitrogen and oxygen atoms in total. The number of hydrogen-bond donors (Lipinski definition) is 1. The molecule has 0 bridgehead atoms. The summed E-state index contributed by atoms with van der Waals surface area (Å²) in [6.07, 6.45) is 3.24. The average Bonchev–Trinajstić information content (AvgIpc) is 3.67. The van der Waals surface area contributed by atoms with Gasteiger partial charge in [-0.3, -0.25) is 14.7 Å². The minimum atomic E-state index is -3.88. The first-order valence-electron chi connectivity index (χ1n) is 11.7. The number of nitrogens with zero attached hydrogens (tertiary/aromatic N) is 3. The van der Waals surface area contributed by atoms with Gasteiger partial charge in [0.1, 0.15) is 5.75 Å². The van der Waals surface area contributed by atoms with Crippen molar-refractivity contribution in [2.75, 3.05) is 19.0 Å². The first-order chi connectivity index (χ1) is 17.8. The number of anilines is 1. The lowest BCUT2D eigenvalue weighted by Crippen LogP contribution is -2.39. The number of methoxy groups -OCH3 is 1. The Kier molecular flexibility index (Phi) is 7.01. The molecule has 190 valence electrons. The fraction of sp³-hybridized carbons (Fsp3) is 0.185. The third-order valence-electron chi connectivity index (χ3n) is 6.05. The number of carbonyl (C=O) groups excluding carboxylic acids is 1. The van der Waals surface area contributed by atoms with Gasteiger partial charge in [-0.2, -0.15) is 4.31 Å². The van der Waals surface area contributed by atoms with Gasteiger partial charge in [0.25, 0.3) is 0 Å². The Balaban J connectivity index is 1.43. The fourth-order valence-electron chi connectivity index (χ4n) is 3.98. The number of sulfonamides is 1. The number of amides is 1. The third-order valence-corrected chi connectivity index (χ3v) is 8.22. The Morgan fingerprint density at radius 3 is 2.35 bits per heavy atom. The monoisotopic (exact) mass is 536 g/mol. The van der Waals surface area contributed by atoms with Gasteiger partial charge in [-0.1, -0.05) is 41.9 Å². The molecule has 0 atom stereocenters. The van der Waals surface area contributed by atoms with Crippen LogP contribution in [0.2, 0.25) is 5.02 Å². The van der Waals surface area contributed by atoms with Crippen molar-refractivity contribution in [2.24, 2.45) is 0 Å². The molecule has 4 aromatic rings. The normalized spacial score (nSPS) is 13.5. The molecule has 0 saturated heterocycles. The molecule has 1 aromatic heterocycles. The standard InChI is InChI=1S/C27H25ClN4O4S/c1-36-23-13-11-21(12-14-23)31-17-25(19-5-3-2-4-6-19)29-27(31)30-26(33)18-32(22-9-10-22)37(34,35)24-15-7-20(28)8-16-24/h2-8,11-17,22H,9-10,18H2,1H3,(H,29,30,33). The summed E-state index contributed by atoms with van der Waals surface area (Å²) in [4.78, 5) is 18.0. The van der Waals surface area contributed by atoms with Crippen LogP contribution in [0.3, 0.4) is 0 Å². The maximum absolute atomic E-state index is 13.3. The van der Waals surface area contributed by atoms with E-state index in [2.05, 4.69) is 10.3 Å². The van der Waals surface area contributed by atoms with E-state index in [9.17, 15) is 13.2 Å².